The van der Waals surface area contributed by atoms with Gasteiger partial charge in [-0.15, -0.1) is 0 Å². The summed E-state index contributed by atoms with van der Waals surface area (Å²) in [5, 5.41) is 0. The number of fused-ring (bicyclic) bond motifs is 1. The van der Waals surface area contributed by atoms with Crippen LogP contribution in [-0.4, -0.2) is 59.0 Å². The van der Waals surface area contributed by atoms with Crippen LogP contribution in [0.1, 0.15) is 5.56 Å². The molecule has 2 aliphatic heterocycles. The molecule has 0 saturated carbocycles. The maximum absolute atomic E-state index is 5.72. The molecule has 0 bridgehead atoms. The van der Waals surface area contributed by atoms with E-state index in [0.29, 0.717) is 6.79 Å². The smallest absolute Gasteiger partial charge is 0.231 e. The highest BCUT2D eigenvalue weighted by Gasteiger charge is 2.19. The van der Waals surface area contributed by atoms with Gasteiger partial charge in [-0.2, -0.15) is 0 Å². The minimum atomic E-state index is 0.320. The fourth-order valence-corrected chi connectivity index (χ4v) is 4.35. The van der Waals surface area contributed by atoms with Crippen LogP contribution in [0.5, 0.6) is 17.2 Å². The maximum atomic E-state index is 5.72. The van der Waals surface area contributed by atoms with Gasteiger partial charge in [0.1, 0.15) is 5.75 Å². The van der Waals surface area contributed by atoms with Crippen molar-refractivity contribution in [1.29, 1.82) is 0 Å². The second kappa shape index (κ2) is 8.74. The number of benzene rings is 2. The molecule has 3 heterocycles. The molecule has 0 radical (unpaired) electrons. The summed E-state index contributed by atoms with van der Waals surface area (Å²) in [6.45, 7) is 6.14. The molecule has 8 heteroatoms. The van der Waals surface area contributed by atoms with Gasteiger partial charge in [0.05, 0.1) is 13.8 Å². The molecule has 0 spiro atoms. The van der Waals surface area contributed by atoms with E-state index in [9.17, 15) is 0 Å². The van der Waals surface area contributed by atoms with Crippen LogP contribution in [0, 0.1) is 4.77 Å². The summed E-state index contributed by atoms with van der Waals surface area (Å²) < 4.78 is 21.1. The number of hydrogen-bond acceptors (Lipinski definition) is 6. The molecular weight excluding hydrogens is 412 g/mol. The van der Waals surface area contributed by atoms with Gasteiger partial charge in [-0.05, 0) is 54.2 Å². The van der Waals surface area contributed by atoms with Gasteiger partial charge < -0.3 is 18.8 Å². The van der Waals surface area contributed by atoms with E-state index >= 15 is 0 Å². The van der Waals surface area contributed by atoms with Gasteiger partial charge in [0, 0.05) is 50.8 Å². The Bertz CT molecular complexity index is 1100. The molecule has 0 amide bonds. The molecule has 1 fully saturated rings. The van der Waals surface area contributed by atoms with Crippen molar-refractivity contribution in [3.63, 3.8) is 0 Å². The Balaban J connectivity index is 1.17. The summed E-state index contributed by atoms with van der Waals surface area (Å²) in [6.07, 6.45) is 4.09. The Kier molecular flexibility index (Phi) is 5.67. The van der Waals surface area contributed by atoms with Gasteiger partial charge >= 0.3 is 0 Å². The average molecular weight is 439 g/mol. The van der Waals surface area contributed by atoms with E-state index in [4.69, 9.17) is 26.4 Å². The number of aromatic nitrogens is 2. The average Bonchev–Trinajstić information content (AvgIpc) is 3.41. The Morgan fingerprint density at radius 3 is 2.42 bits per heavy atom. The minimum absolute atomic E-state index is 0.320. The third-order valence-corrected chi connectivity index (χ3v) is 6.29. The highest BCUT2D eigenvalue weighted by Crippen LogP contribution is 2.32. The first-order chi connectivity index (χ1) is 15.2. The Morgan fingerprint density at radius 1 is 0.903 bits per heavy atom. The number of rotatable bonds is 6. The van der Waals surface area contributed by atoms with Gasteiger partial charge in [-0.1, -0.05) is 6.07 Å². The molecule has 0 unspecified atom stereocenters. The highest BCUT2D eigenvalue weighted by atomic mass is 32.1. The zero-order chi connectivity index (χ0) is 21.2. The van der Waals surface area contributed by atoms with Crippen LogP contribution >= 0.6 is 12.2 Å². The van der Waals surface area contributed by atoms with Crippen molar-refractivity contribution in [3.05, 3.63) is 65.2 Å². The second-order valence-electron chi connectivity index (χ2n) is 7.84. The molecule has 1 saturated heterocycles. The number of hydrogen-bond donors (Lipinski definition) is 0. The van der Waals surface area contributed by atoms with E-state index in [0.717, 1.165) is 67.1 Å². The van der Waals surface area contributed by atoms with Gasteiger partial charge in [-0.3, -0.25) is 14.4 Å². The van der Waals surface area contributed by atoms with E-state index in [1.165, 1.54) is 5.56 Å². The summed E-state index contributed by atoms with van der Waals surface area (Å²) in [7, 11) is 1.67. The van der Waals surface area contributed by atoms with Gasteiger partial charge in [0.25, 0.3) is 0 Å². The first-order valence-corrected chi connectivity index (χ1v) is 10.9. The molecule has 7 nitrogen and oxygen atoms in total. The monoisotopic (exact) mass is 438 g/mol. The third-order valence-electron chi connectivity index (χ3n) is 5.86. The molecule has 2 aliphatic rings. The second-order valence-corrected chi connectivity index (χ2v) is 8.21. The van der Waals surface area contributed by atoms with Crippen LogP contribution in [0.2, 0.25) is 0 Å². The van der Waals surface area contributed by atoms with Crippen LogP contribution in [0.25, 0.3) is 5.69 Å². The van der Waals surface area contributed by atoms with E-state index in [-0.39, 0.29) is 0 Å². The molecule has 0 atom stereocenters. The van der Waals surface area contributed by atoms with Crippen molar-refractivity contribution in [2.75, 3.05) is 40.1 Å². The van der Waals surface area contributed by atoms with Crippen LogP contribution in [0.4, 0.5) is 0 Å². The molecule has 31 heavy (non-hydrogen) atoms. The van der Waals surface area contributed by atoms with E-state index in [1.54, 1.807) is 7.11 Å². The summed E-state index contributed by atoms with van der Waals surface area (Å²) >= 11 is 5.72. The lowest BCUT2D eigenvalue weighted by Gasteiger charge is -2.34. The number of ether oxygens (including phenoxy) is 3. The lowest BCUT2D eigenvalue weighted by molar-refractivity contribution is 0.102. The number of piperazine rings is 1. The van der Waals surface area contributed by atoms with Crippen molar-refractivity contribution >= 4 is 12.2 Å². The SMILES string of the molecule is COc1ccc(-n2ccn(CN3CCN(Cc4ccc5c(c4)OCO5)CC3)c2=S)cc1. The van der Waals surface area contributed by atoms with Gasteiger partial charge in [0.15, 0.2) is 16.3 Å². The summed E-state index contributed by atoms with van der Waals surface area (Å²) in [5.41, 5.74) is 2.30. The van der Waals surface area contributed by atoms with Crippen molar-refractivity contribution in [2.45, 2.75) is 13.2 Å². The zero-order valence-electron chi connectivity index (χ0n) is 17.6. The van der Waals surface area contributed by atoms with Crippen molar-refractivity contribution < 1.29 is 14.2 Å². The van der Waals surface area contributed by atoms with Crippen molar-refractivity contribution in [3.8, 4) is 22.9 Å². The van der Waals surface area contributed by atoms with Crippen LogP contribution < -0.4 is 14.2 Å². The summed E-state index contributed by atoms with van der Waals surface area (Å²) in [4.78, 5) is 4.93. The third kappa shape index (κ3) is 4.32. The lowest BCUT2D eigenvalue weighted by atomic mass is 10.1. The Morgan fingerprint density at radius 2 is 1.65 bits per heavy atom. The van der Waals surface area contributed by atoms with E-state index < -0.39 is 0 Å². The standard InChI is InChI=1S/C23H26N4O3S/c1-28-20-5-3-19(4-6-20)27-13-12-26(23(27)31)16-25-10-8-24(9-11-25)15-18-2-7-21-22(14-18)30-17-29-21/h2-7,12-14H,8-11,15-17H2,1H3. The molecule has 0 aliphatic carbocycles. The summed E-state index contributed by atoms with van der Waals surface area (Å²) in [5.74, 6) is 2.53. The van der Waals surface area contributed by atoms with E-state index in [1.807, 2.05) is 41.1 Å². The minimum Gasteiger partial charge on any atom is -0.497 e. The van der Waals surface area contributed by atoms with Crippen LogP contribution in [-0.2, 0) is 13.2 Å². The molecule has 3 aromatic rings. The normalized spacial score (nSPS) is 16.5. The molecule has 162 valence electrons. The fourth-order valence-electron chi connectivity index (χ4n) is 4.06. The molecular formula is C23H26N4O3S. The van der Waals surface area contributed by atoms with E-state index in [2.05, 4.69) is 32.7 Å². The van der Waals surface area contributed by atoms with Gasteiger partial charge in [0.2, 0.25) is 6.79 Å². The van der Waals surface area contributed by atoms with Crippen molar-refractivity contribution in [1.82, 2.24) is 18.9 Å². The topological polar surface area (TPSA) is 44.0 Å². The molecule has 0 N–H and O–H groups in total. The van der Waals surface area contributed by atoms with Crippen LogP contribution in [0.15, 0.2) is 54.9 Å². The predicted octanol–water partition coefficient (Wildman–Crippen LogP) is 3.52. The number of imidazole rings is 1. The maximum Gasteiger partial charge on any atom is 0.231 e. The molecule has 1 aromatic heterocycles. The highest BCUT2D eigenvalue weighted by molar-refractivity contribution is 7.71. The molecule has 2 aromatic carbocycles. The Labute approximate surface area is 187 Å². The van der Waals surface area contributed by atoms with Crippen molar-refractivity contribution in [2.24, 2.45) is 0 Å². The fraction of sp³-hybridized carbons (Fsp3) is 0.348. The van der Waals surface area contributed by atoms with Gasteiger partial charge in [-0.25, -0.2) is 0 Å². The lowest BCUT2D eigenvalue weighted by Crippen LogP contribution is -2.46. The van der Waals surface area contributed by atoms with Crippen LogP contribution in [0.3, 0.4) is 0 Å². The largest absolute Gasteiger partial charge is 0.497 e. The predicted molar refractivity (Wildman–Crippen MR) is 121 cm³/mol. The number of methoxy groups -OCH3 is 1. The summed E-state index contributed by atoms with van der Waals surface area (Å²) in [6, 6.07) is 14.2. The first kappa shape index (κ1) is 20.1. The Hall–Kier alpha value is -2.81. The number of nitrogens with zero attached hydrogens (tertiary/aromatic N) is 4. The molecule has 5 rings (SSSR count). The zero-order valence-corrected chi connectivity index (χ0v) is 18.4. The first-order valence-electron chi connectivity index (χ1n) is 10.4. The quantitative estimate of drug-likeness (QED) is 0.549.